The number of fused-ring (bicyclic) bond motifs is 2. The summed E-state index contributed by atoms with van der Waals surface area (Å²) in [6.45, 7) is 7.37. The summed E-state index contributed by atoms with van der Waals surface area (Å²) in [5.74, 6) is 1.96. The fraction of sp³-hybridized carbons (Fsp3) is 0.455. The van der Waals surface area contributed by atoms with Crippen LogP contribution in [0.15, 0.2) is 24.5 Å². The molecule has 0 saturated carbocycles. The normalized spacial score (nSPS) is 16.9. The summed E-state index contributed by atoms with van der Waals surface area (Å²) in [6, 6.07) is 4.05. The minimum absolute atomic E-state index is 0.502. The molecule has 9 nitrogen and oxygen atoms in total. The smallest absolute Gasteiger partial charge is 0.238 e. The molecule has 0 atom stereocenters. The Morgan fingerprint density at radius 2 is 2.03 bits per heavy atom. The summed E-state index contributed by atoms with van der Waals surface area (Å²) >= 11 is 0. The predicted molar refractivity (Wildman–Crippen MR) is 119 cm³/mol. The molecule has 0 aromatic carbocycles. The molecule has 1 saturated heterocycles. The molecule has 0 amide bonds. The molecule has 162 valence electrons. The first kappa shape index (κ1) is 19.9. The second-order valence-corrected chi connectivity index (χ2v) is 7.86. The Kier molecular flexibility index (Phi) is 5.52. The minimum atomic E-state index is 0.502. The Balaban J connectivity index is 1.50. The lowest BCUT2D eigenvalue weighted by Crippen LogP contribution is -2.37. The number of likely N-dealkylation sites (N-methyl/N-ethyl adjacent to an activating group) is 1. The lowest BCUT2D eigenvalue weighted by molar-refractivity contribution is 0.122. The molecule has 0 spiro atoms. The van der Waals surface area contributed by atoms with Crippen LogP contribution in [-0.2, 0) is 17.7 Å². The maximum absolute atomic E-state index is 5.83. The van der Waals surface area contributed by atoms with Gasteiger partial charge < -0.3 is 24.6 Å². The molecule has 31 heavy (non-hydrogen) atoms. The molecule has 9 heteroatoms. The third-order valence-electron chi connectivity index (χ3n) is 5.64. The molecule has 5 heterocycles. The van der Waals surface area contributed by atoms with Crippen LogP contribution in [0.4, 0.5) is 17.5 Å². The number of morpholine rings is 1. The van der Waals surface area contributed by atoms with E-state index in [1.54, 1.807) is 6.20 Å². The average molecular weight is 422 g/mol. The van der Waals surface area contributed by atoms with E-state index in [-0.39, 0.29) is 0 Å². The van der Waals surface area contributed by atoms with Crippen LogP contribution in [-0.4, -0.2) is 71.3 Å². The van der Waals surface area contributed by atoms with E-state index in [0.717, 1.165) is 60.7 Å². The van der Waals surface area contributed by atoms with Crippen molar-refractivity contribution < 1.29 is 9.47 Å². The van der Waals surface area contributed by atoms with Crippen molar-refractivity contribution >= 4 is 28.4 Å². The lowest BCUT2D eigenvalue weighted by atomic mass is 10.1. The number of aromatic nitrogens is 4. The molecule has 1 N–H and O–H groups in total. The van der Waals surface area contributed by atoms with Gasteiger partial charge in [-0.1, -0.05) is 0 Å². The van der Waals surface area contributed by atoms with Crippen LogP contribution in [0.3, 0.4) is 0 Å². The van der Waals surface area contributed by atoms with E-state index in [9.17, 15) is 0 Å². The zero-order chi connectivity index (χ0) is 21.2. The maximum Gasteiger partial charge on any atom is 0.238 e. The molecule has 2 aliphatic heterocycles. The van der Waals surface area contributed by atoms with Gasteiger partial charge >= 0.3 is 0 Å². The highest BCUT2D eigenvalue weighted by Crippen LogP contribution is 2.31. The maximum atomic E-state index is 5.83. The van der Waals surface area contributed by atoms with Crippen molar-refractivity contribution in [2.75, 3.05) is 56.7 Å². The van der Waals surface area contributed by atoms with Crippen molar-refractivity contribution in [3.05, 3.63) is 35.8 Å². The van der Waals surface area contributed by atoms with E-state index < -0.39 is 0 Å². The number of nitrogens with one attached hydrogen (secondary N) is 1. The summed E-state index contributed by atoms with van der Waals surface area (Å²) in [6.07, 6.45) is 4.56. The second kappa shape index (κ2) is 8.60. The van der Waals surface area contributed by atoms with Gasteiger partial charge in [0.2, 0.25) is 11.8 Å². The largest absolute Gasteiger partial charge is 0.476 e. The minimum Gasteiger partial charge on any atom is -0.476 e. The molecule has 5 rings (SSSR count). The van der Waals surface area contributed by atoms with Gasteiger partial charge in [-0.15, -0.1) is 0 Å². The number of hydrogen-bond acceptors (Lipinski definition) is 9. The predicted octanol–water partition coefficient (Wildman–Crippen LogP) is 2.39. The van der Waals surface area contributed by atoms with Crippen LogP contribution >= 0.6 is 0 Å². The zero-order valence-corrected chi connectivity index (χ0v) is 18.0. The summed E-state index contributed by atoms with van der Waals surface area (Å²) in [5, 5.41) is 4.30. The van der Waals surface area contributed by atoms with Gasteiger partial charge in [-0.3, -0.25) is 0 Å². The highest BCUT2D eigenvalue weighted by molar-refractivity contribution is 5.89. The third-order valence-corrected chi connectivity index (χ3v) is 5.64. The van der Waals surface area contributed by atoms with E-state index in [2.05, 4.69) is 38.2 Å². The van der Waals surface area contributed by atoms with Crippen LogP contribution in [0.5, 0.6) is 5.88 Å². The van der Waals surface area contributed by atoms with Crippen LogP contribution in [0.2, 0.25) is 0 Å². The number of hydrogen-bond donors (Lipinski definition) is 1. The lowest BCUT2D eigenvalue weighted by Gasteiger charge is -2.28. The number of anilines is 3. The topological polar surface area (TPSA) is 88.5 Å². The molecular formula is C22H27N7O2. The van der Waals surface area contributed by atoms with Gasteiger partial charge in [-0.2, -0.15) is 0 Å². The van der Waals surface area contributed by atoms with Crippen molar-refractivity contribution in [3.8, 4) is 5.88 Å². The van der Waals surface area contributed by atoms with Crippen molar-refractivity contribution in [2.45, 2.75) is 19.9 Å². The average Bonchev–Trinajstić information content (AvgIpc) is 2.80. The first-order chi connectivity index (χ1) is 15.2. The fourth-order valence-electron chi connectivity index (χ4n) is 4.06. The van der Waals surface area contributed by atoms with Crippen LogP contribution in [0.25, 0.3) is 10.9 Å². The molecule has 1 fully saturated rings. The van der Waals surface area contributed by atoms with Crippen molar-refractivity contribution in [1.82, 2.24) is 24.8 Å². The summed E-state index contributed by atoms with van der Waals surface area (Å²) in [5.41, 5.74) is 3.92. The van der Waals surface area contributed by atoms with E-state index >= 15 is 0 Å². The van der Waals surface area contributed by atoms with Crippen LogP contribution < -0.4 is 15.0 Å². The van der Waals surface area contributed by atoms with Gasteiger partial charge in [-0.25, -0.2) is 19.9 Å². The highest BCUT2D eigenvalue weighted by atomic mass is 16.5. The third kappa shape index (κ3) is 4.11. The molecule has 3 aromatic heterocycles. The molecule has 0 bridgehead atoms. The monoisotopic (exact) mass is 421 g/mol. The quantitative estimate of drug-likeness (QED) is 0.667. The number of rotatable bonds is 5. The Morgan fingerprint density at radius 3 is 2.87 bits per heavy atom. The fourth-order valence-corrected chi connectivity index (χ4v) is 4.06. The number of ether oxygens (including phenoxy) is 2. The van der Waals surface area contributed by atoms with Crippen molar-refractivity contribution in [2.24, 2.45) is 0 Å². The molecule has 3 aromatic rings. The van der Waals surface area contributed by atoms with Gasteiger partial charge in [0.1, 0.15) is 11.2 Å². The summed E-state index contributed by atoms with van der Waals surface area (Å²) in [7, 11) is 2.12. The standard InChI is InChI=1S/C22H27N7O2/c1-3-31-21-18(12-16-14-28(2)7-5-17(16)25-21)26-22-24-13-15-4-6-23-20(19(15)27-22)29-8-10-30-11-9-29/h4,6,12-13H,3,5,7-11,14H2,1-2H3,(H,24,26,27). The zero-order valence-electron chi connectivity index (χ0n) is 18.0. The Hall–Kier alpha value is -3.04. The van der Waals surface area contributed by atoms with E-state index in [0.29, 0.717) is 31.6 Å². The number of nitrogens with zero attached hydrogens (tertiary/aromatic N) is 6. The first-order valence-electron chi connectivity index (χ1n) is 10.8. The second-order valence-electron chi connectivity index (χ2n) is 7.86. The van der Waals surface area contributed by atoms with Crippen LogP contribution in [0, 0.1) is 0 Å². The van der Waals surface area contributed by atoms with Crippen molar-refractivity contribution in [1.29, 1.82) is 0 Å². The SMILES string of the molecule is CCOc1nc2c(cc1Nc1ncc3ccnc(N4CCOCC4)c3n1)CN(C)CC2. The summed E-state index contributed by atoms with van der Waals surface area (Å²) < 4.78 is 11.3. The molecule has 0 radical (unpaired) electrons. The van der Waals surface area contributed by atoms with Crippen LogP contribution in [0.1, 0.15) is 18.2 Å². The number of pyridine rings is 2. The Labute approximate surface area is 181 Å². The molecular weight excluding hydrogens is 394 g/mol. The first-order valence-corrected chi connectivity index (χ1v) is 10.8. The Bertz CT molecular complexity index is 1080. The van der Waals surface area contributed by atoms with Gasteiger partial charge in [0.05, 0.1) is 25.5 Å². The van der Waals surface area contributed by atoms with Gasteiger partial charge in [0.25, 0.3) is 0 Å². The molecule has 0 unspecified atom stereocenters. The van der Waals surface area contributed by atoms with E-state index in [1.807, 2.05) is 19.2 Å². The highest BCUT2D eigenvalue weighted by Gasteiger charge is 2.20. The Morgan fingerprint density at radius 1 is 1.16 bits per heavy atom. The van der Waals surface area contributed by atoms with E-state index in [4.69, 9.17) is 19.4 Å². The van der Waals surface area contributed by atoms with Crippen molar-refractivity contribution in [3.63, 3.8) is 0 Å². The molecule has 0 aliphatic carbocycles. The van der Waals surface area contributed by atoms with Gasteiger partial charge in [-0.05, 0) is 31.7 Å². The summed E-state index contributed by atoms with van der Waals surface area (Å²) in [4.78, 5) is 23.2. The van der Waals surface area contributed by atoms with Gasteiger partial charge in [0.15, 0.2) is 5.82 Å². The molecule has 2 aliphatic rings. The van der Waals surface area contributed by atoms with Gasteiger partial charge in [0, 0.05) is 50.4 Å². The van der Waals surface area contributed by atoms with E-state index in [1.165, 1.54) is 5.56 Å².